The lowest BCUT2D eigenvalue weighted by Gasteiger charge is -2.24. The van der Waals surface area contributed by atoms with Crippen molar-refractivity contribution in [2.45, 2.75) is 13.0 Å². The third kappa shape index (κ3) is 4.79. The van der Waals surface area contributed by atoms with Gasteiger partial charge in [0.2, 0.25) is 5.91 Å². The highest BCUT2D eigenvalue weighted by atomic mass is 35.5. The van der Waals surface area contributed by atoms with E-state index >= 15 is 0 Å². The second kappa shape index (κ2) is 9.33. The van der Waals surface area contributed by atoms with E-state index in [0.717, 1.165) is 30.8 Å². The Morgan fingerprint density at radius 3 is 2.55 bits per heavy atom. The number of amides is 1. The van der Waals surface area contributed by atoms with E-state index in [9.17, 15) is 4.79 Å². The van der Waals surface area contributed by atoms with E-state index in [1.807, 2.05) is 41.3 Å². The van der Waals surface area contributed by atoms with Crippen LogP contribution in [0.2, 0.25) is 5.02 Å². The molecule has 1 N–H and O–H groups in total. The molecule has 1 amide bonds. The first-order valence-corrected chi connectivity index (χ1v) is 10.8. The predicted octanol–water partition coefficient (Wildman–Crippen LogP) is 3.87. The van der Waals surface area contributed by atoms with Crippen LogP contribution in [0, 0.1) is 16.1 Å². The van der Waals surface area contributed by atoms with Crippen molar-refractivity contribution in [2.24, 2.45) is 0 Å². The van der Waals surface area contributed by atoms with Crippen LogP contribution in [0.25, 0.3) is 11.4 Å². The van der Waals surface area contributed by atoms with Gasteiger partial charge in [0, 0.05) is 42.5 Å². The Labute approximate surface area is 190 Å². The summed E-state index contributed by atoms with van der Waals surface area (Å²) in [7, 11) is 0. The van der Waals surface area contributed by atoms with Gasteiger partial charge in [0.1, 0.15) is 6.54 Å². The molecule has 2 heterocycles. The van der Waals surface area contributed by atoms with E-state index in [2.05, 4.69) is 21.2 Å². The first kappa shape index (κ1) is 21.1. The van der Waals surface area contributed by atoms with Gasteiger partial charge in [-0.3, -0.25) is 14.5 Å². The van der Waals surface area contributed by atoms with Gasteiger partial charge in [0.05, 0.1) is 11.6 Å². The summed E-state index contributed by atoms with van der Waals surface area (Å²) in [6.45, 7) is 3.03. The zero-order valence-corrected chi connectivity index (χ0v) is 18.4. The minimum atomic E-state index is 0.00870. The van der Waals surface area contributed by atoms with Crippen molar-refractivity contribution < 1.29 is 4.79 Å². The lowest BCUT2D eigenvalue weighted by Crippen LogP contribution is -2.37. The van der Waals surface area contributed by atoms with E-state index in [0.29, 0.717) is 34.3 Å². The second-order valence-electron chi connectivity index (χ2n) is 7.33. The number of benzene rings is 2. The topological polar surface area (TPSA) is 80.9 Å². The maximum atomic E-state index is 13.1. The summed E-state index contributed by atoms with van der Waals surface area (Å²) >= 11 is 11.3. The number of H-pyrrole nitrogens is 1. The van der Waals surface area contributed by atoms with E-state index < -0.39 is 0 Å². The second-order valence-corrected chi connectivity index (χ2v) is 8.15. The summed E-state index contributed by atoms with van der Waals surface area (Å²) < 4.78 is 2.14. The van der Waals surface area contributed by atoms with Gasteiger partial charge in [0.15, 0.2) is 10.6 Å². The van der Waals surface area contributed by atoms with Gasteiger partial charge < -0.3 is 9.80 Å². The Bertz CT molecular complexity index is 1160. The molecule has 9 heteroatoms. The molecule has 2 aromatic carbocycles. The molecule has 1 aliphatic heterocycles. The molecule has 1 fully saturated rings. The van der Waals surface area contributed by atoms with Gasteiger partial charge in [-0.2, -0.15) is 10.4 Å². The van der Waals surface area contributed by atoms with Gasteiger partial charge in [0.25, 0.3) is 0 Å². The number of rotatable bonds is 4. The third-order valence-corrected chi connectivity index (χ3v) is 5.93. The van der Waals surface area contributed by atoms with Crippen molar-refractivity contribution in [3.8, 4) is 17.5 Å². The molecule has 0 bridgehead atoms. The number of carbonyl (C=O) groups excluding carboxylic acids is 1. The number of aromatic nitrogens is 3. The van der Waals surface area contributed by atoms with E-state index in [1.165, 1.54) is 0 Å². The monoisotopic (exact) mass is 452 g/mol. The fraction of sp³-hybridized carbons (Fsp3) is 0.273. The minimum Gasteiger partial charge on any atom is -0.370 e. The van der Waals surface area contributed by atoms with Crippen LogP contribution in [-0.4, -0.2) is 51.8 Å². The fourth-order valence-electron chi connectivity index (χ4n) is 3.69. The number of halogens is 1. The van der Waals surface area contributed by atoms with Crippen LogP contribution in [0.1, 0.15) is 12.0 Å². The molecule has 0 radical (unpaired) electrons. The van der Waals surface area contributed by atoms with Crippen molar-refractivity contribution in [1.29, 1.82) is 5.26 Å². The maximum absolute atomic E-state index is 13.1. The largest absolute Gasteiger partial charge is 0.370 e. The van der Waals surface area contributed by atoms with Gasteiger partial charge in [-0.1, -0.05) is 11.6 Å². The molecule has 1 saturated heterocycles. The summed E-state index contributed by atoms with van der Waals surface area (Å²) in [6.07, 6.45) is 0.868. The molecule has 4 rings (SSSR count). The highest BCUT2D eigenvalue weighted by molar-refractivity contribution is 7.71. The van der Waals surface area contributed by atoms with Crippen LogP contribution in [0.3, 0.4) is 0 Å². The lowest BCUT2D eigenvalue weighted by molar-refractivity contribution is -0.131. The molecule has 1 aliphatic rings. The predicted molar refractivity (Wildman–Crippen MR) is 122 cm³/mol. The van der Waals surface area contributed by atoms with Gasteiger partial charge in [-0.05, 0) is 67.2 Å². The fourth-order valence-corrected chi connectivity index (χ4v) is 4.01. The van der Waals surface area contributed by atoms with Crippen LogP contribution in [0.4, 0.5) is 5.69 Å². The highest BCUT2D eigenvalue weighted by Gasteiger charge is 2.21. The summed E-state index contributed by atoms with van der Waals surface area (Å²) in [4.78, 5) is 17.2. The van der Waals surface area contributed by atoms with Crippen LogP contribution in [-0.2, 0) is 11.3 Å². The van der Waals surface area contributed by atoms with Crippen molar-refractivity contribution in [3.63, 3.8) is 0 Å². The average Bonchev–Trinajstić information content (AvgIpc) is 3.00. The van der Waals surface area contributed by atoms with E-state index in [-0.39, 0.29) is 12.5 Å². The Morgan fingerprint density at radius 1 is 1.10 bits per heavy atom. The van der Waals surface area contributed by atoms with Crippen LogP contribution >= 0.6 is 23.8 Å². The average molecular weight is 453 g/mol. The van der Waals surface area contributed by atoms with Crippen LogP contribution < -0.4 is 4.90 Å². The van der Waals surface area contributed by atoms with Crippen molar-refractivity contribution in [2.75, 3.05) is 31.1 Å². The zero-order chi connectivity index (χ0) is 21.8. The molecule has 7 nitrogen and oxygen atoms in total. The normalized spacial score (nSPS) is 14.2. The molecule has 31 heavy (non-hydrogen) atoms. The molecule has 0 atom stereocenters. The Kier molecular flexibility index (Phi) is 6.35. The number of anilines is 1. The molecule has 1 aromatic heterocycles. The van der Waals surface area contributed by atoms with Crippen molar-refractivity contribution in [1.82, 2.24) is 19.7 Å². The number of nitriles is 1. The zero-order valence-electron chi connectivity index (χ0n) is 16.8. The van der Waals surface area contributed by atoms with Crippen molar-refractivity contribution in [3.05, 3.63) is 63.9 Å². The molecule has 158 valence electrons. The molecule has 3 aromatic rings. The summed E-state index contributed by atoms with van der Waals surface area (Å²) in [6, 6.07) is 17.0. The Morgan fingerprint density at radius 2 is 1.84 bits per heavy atom. The smallest absolute Gasteiger partial charge is 0.242 e. The molecular weight excluding hydrogens is 432 g/mol. The Balaban J connectivity index is 1.45. The standard InChI is InChI=1S/C22H21ClN6OS/c23-18-6-4-17(5-7-18)21-25-26-22(31)29(21)15-20(30)28-11-1-10-27(12-13-28)19-8-2-16(14-24)3-9-19/h2-9H,1,10-13,15H2,(H,26,31). The van der Waals surface area contributed by atoms with Gasteiger partial charge in [-0.25, -0.2) is 0 Å². The number of aromatic amines is 1. The summed E-state index contributed by atoms with van der Waals surface area (Å²) in [5, 5.41) is 16.7. The SMILES string of the molecule is N#Cc1ccc(N2CCCN(C(=O)Cn3c(-c4ccc(Cl)cc4)n[nH]c3=S)CC2)cc1. The number of carbonyl (C=O) groups is 1. The first-order chi connectivity index (χ1) is 15.0. The number of nitrogens with zero attached hydrogens (tertiary/aromatic N) is 5. The molecule has 0 saturated carbocycles. The molecule has 0 spiro atoms. The van der Waals surface area contributed by atoms with E-state index in [4.69, 9.17) is 29.1 Å². The molecule has 0 unspecified atom stereocenters. The summed E-state index contributed by atoms with van der Waals surface area (Å²) in [5.41, 5.74) is 2.55. The Hall–Kier alpha value is -3.15. The quantitative estimate of drug-likeness (QED) is 0.608. The summed E-state index contributed by atoms with van der Waals surface area (Å²) in [5.74, 6) is 0.624. The number of nitrogens with one attached hydrogen (secondary N) is 1. The highest BCUT2D eigenvalue weighted by Crippen LogP contribution is 2.21. The van der Waals surface area contributed by atoms with Crippen LogP contribution in [0.5, 0.6) is 0 Å². The molecule has 0 aliphatic carbocycles. The number of hydrogen-bond acceptors (Lipinski definition) is 5. The third-order valence-electron chi connectivity index (χ3n) is 5.36. The number of hydrogen-bond donors (Lipinski definition) is 1. The lowest BCUT2D eigenvalue weighted by atomic mass is 10.2. The van der Waals surface area contributed by atoms with Gasteiger partial charge >= 0.3 is 0 Å². The minimum absolute atomic E-state index is 0.00870. The van der Waals surface area contributed by atoms with Gasteiger partial charge in [-0.15, -0.1) is 0 Å². The first-order valence-electron chi connectivity index (χ1n) is 9.99. The molecular formula is C22H21ClN6OS. The van der Waals surface area contributed by atoms with Crippen LogP contribution in [0.15, 0.2) is 48.5 Å². The maximum Gasteiger partial charge on any atom is 0.242 e. The van der Waals surface area contributed by atoms with Crippen molar-refractivity contribution >= 4 is 35.4 Å². The van der Waals surface area contributed by atoms with E-state index in [1.54, 1.807) is 16.7 Å².